The highest BCUT2D eigenvalue weighted by molar-refractivity contribution is 7.06. The average molecular weight is 463 g/mol. The number of nitrogens with zero attached hydrogens (tertiary/aromatic N) is 2. The lowest BCUT2D eigenvalue weighted by atomic mass is 9.97. The Morgan fingerprint density at radius 2 is 0.939 bits per heavy atom. The Bertz CT molecular complexity index is 1410. The SMILES string of the molecule is C[Si]1(C)O[Si](C)(C)c2cc3cc4c(-c5ccccc5)nnc(-c5ccccc5)c4cc3cc21. The van der Waals surface area contributed by atoms with Crippen LogP contribution in [0.2, 0.25) is 26.2 Å². The van der Waals surface area contributed by atoms with Crippen molar-refractivity contribution in [3.63, 3.8) is 0 Å². The highest BCUT2D eigenvalue weighted by Crippen LogP contribution is 2.35. The van der Waals surface area contributed by atoms with E-state index in [4.69, 9.17) is 14.3 Å². The van der Waals surface area contributed by atoms with Gasteiger partial charge in [-0.2, -0.15) is 0 Å². The van der Waals surface area contributed by atoms with Crippen LogP contribution in [0.3, 0.4) is 0 Å². The molecule has 5 heteroatoms. The Kier molecular flexibility index (Phi) is 4.46. The molecule has 0 fully saturated rings. The molecule has 0 saturated carbocycles. The second kappa shape index (κ2) is 7.19. The third kappa shape index (κ3) is 3.27. The van der Waals surface area contributed by atoms with Crippen molar-refractivity contribution in [1.29, 1.82) is 0 Å². The lowest BCUT2D eigenvalue weighted by Gasteiger charge is -2.22. The summed E-state index contributed by atoms with van der Waals surface area (Å²) in [4.78, 5) is 0. The van der Waals surface area contributed by atoms with E-state index in [9.17, 15) is 0 Å². The molecule has 0 spiro atoms. The number of fused-ring (bicyclic) bond motifs is 3. The van der Waals surface area contributed by atoms with E-state index in [0.717, 1.165) is 33.3 Å². The minimum Gasteiger partial charge on any atom is -0.449 e. The Balaban J connectivity index is 1.71. The van der Waals surface area contributed by atoms with Crippen LogP contribution in [0.5, 0.6) is 0 Å². The Labute approximate surface area is 196 Å². The first-order valence-corrected chi connectivity index (χ1v) is 17.3. The van der Waals surface area contributed by atoms with Gasteiger partial charge >= 0.3 is 0 Å². The second-order valence-corrected chi connectivity index (χ2v) is 17.8. The molecule has 3 nitrogen and oxygen atoms in total. The largest absolute Gasteiger partial charge is 0.449 e. The van der Waals surface area contributed by atoms with Crippen molar-refractivity contribution in [1.82, 2.24) is 10.2 Å². The molecule has 0 unspecified atom stereocenters. The van der Waals surface area contributed by atoms with Crippen molar-refractivity contribution in [2.24, 2.45) is 0 Å². The first-order chi connectivity index (χ1) is 15.8. The molecular weight excluding hydrogens is 436 g/mol. The fourth-order valence-corrected chi connectivity index (χ4v) is 15.5. The van der Waals surface area contributed by atoms with Gasteiger partial charge in [0.1, 0.15) is 11.4 Å². The molecule has 33 heavy (non-hydrogen) atoms. The lowest BCUT2D eigenvalue weighted by molar-refractivity contribution is 0.583. The van der Waals surface area contributed by atoms with Gasteiger partial charge in [0.15, 0.2) is 0 Å². The van der Waals surface area contributed by atoms with Gasteiger partial charge in [-0.25, -0.2) is 0 Å². The summed E-state index contributed by atoms with van der Waals surface area (Å²) in [5, 5.41) is 17.1. The molecule has 4 aromatic carbocycles. The highest BCUT2D eigenvalue weighted by atomic mass is 28.4. The summed E-state index contributed by atoms with van der Waals surface area (Å²) < 4.78 is 6.71. The van der Waals surface area contributed by atoms with E-state index in [1.807, 2.05) is 12.1 Å². The zero-order valence-electron chi connectivity index (χ0n) is 19.4. The van der Waals surface area contributed by atoms with Gasteiger partial charge < -0.3 is 4.12 Å². The summed E-state index contributed by atoms with van der Waals surface area (Å²) in [5.74, 6) is 0. The van der Waals surface area contributed by atoms with Crippen LogP contribution < -0.4 is 10.4 Å². The van der Waals surface area contributed by atoms with E-state index in [2.05, 4.69) is 99.0 Å². The van der Waals surface area contributed by atoms with Crippen molar-refractivity contribution in [3.05, 3.63) is 84.9 Å². The molecule has 0 bridgehead atoms. The average Bonchev–Trinajstić information content (AvgIpc) is 2.99. The predicted octanol–water partition coefficient (Wildman–Crippen LogP) is 5.97. The molecule has 2 heterocycles. The molecule has 1 aromatic heterocycles. The molecule has 0 N–H and O–H groups in total. The zero-order valence-corrected chi connectivity index (χ0v) is 21.4. The molecule has 0 radical (unpaired) electrons. The maximum Gasteiger partial charge on any atom is 0.206 e. The van der Waals surface area contributed by atoms with Crippen LogP contribution in [0.15, 0.2) is 84.9 Å². The number of benzene rings is 4. The van der Waals surface area contributed by atoms with Crippen LogP contribution >= 0.6 is 0 Å². The predicted molar refractivity (Wildman–Crippen MR) is 143 cm³/mol. The normalized spacial score (nSPS) is 16.2. The number of hydrogen-bond donors (Lipinski definition) is 0. The second-order valence-electron chi connectivity index (χ2n) is 9.89. The van der Waals surface area contributed by atoms with Crippen molar-refractivity contribution in [2.45, 2.75) is 26.2 Å². The van der Waals surface area contributed by atoms with Gasteiger partial charge in [-0.3, -0.25) is 0 Å². The number of aromatic nitrogens is 2. The first kappa shape index (κ1) is 20.5. The van der Waals surface area contributed by atoms with Gasteiger partial charge in [-0.15, -0.1) is 10.2 Å². The van der Waals surface area contributed by atoms with E-state index in [1.165, 1.54) is 21.1 Å². The van der Waals surface area contributed by atoms with Crippen molar-refractivity contribution in [3.8, 4) is 22.5 Å². The smallest absolute Gasteiger partial charge is 0.206 e. The standard InChI is InChI=1S/C28H26N2OSi2/c1-32(2)25-17-21-15-23-24(16-22(21)18-26(25)33(3,4)31-32)28(20-13-9-6-10-14-20)30-29-27(23)19-11-7-5-8-12-19/h5-18H,1-4H3. The van der Waals surface area contributed by atoms with Crippen LogP contribution in [0, 0.1) is 0 Å². The molecule has 0 aliphatic carbocycles. The third-order valence-electron chi connectivity index (χ3n) is 6.78. The molecule has 6 rings (SSSR count). The van der Waals surface area contributed by atoms with Gasteiger partial charge in [0.05, 0.1) is 0 Å². The van der Waals surface area contributed by atoms with Gasteiger partial charge in [0.25, 0.3) is 0 Å². The van der Waals surface area contributed by atoms with Crippen LogP contribution in [0.25, 0.3) is 44.1 Å². The topological polar surface area (TPSA) is 35.0 Å². The molecule has 0 saturated heterocycles. The summed E-state index contributed by atoms with van der Waals surface area (Å²) in [6, 6.07) is 30.1. The minimum atomic E-state index is -1.89. The minimum absolute atomic E-state index is 0.926. The van der Waals surface area contributed by atoms with Crippen LogP contribution in [-0.4, -0.2) is 26.8 Å². The maximum atomic E-state index is 6.71. The third-order valence-corrected chi connectivity index (χ3v) is 14.5. The van der Waals surface area contributed by atoms with Crippen LogP contribution in [0.1, 0.15) is 0 Å². The molecule has 5 aromatic rings. The van der Waals surface area contributed by atoms with E-state index < -0.39 is 16.6 Å². The fraction of sp³-hybridized carbons (Fsp3) is 0.143. The lowest BCUT2D eigenvalue weighted by Crippen LogP contribution is -2.43. The summed E-state index contributed by atoms with van der Waals surface area (Å²) in [7, 11) is -3.78. The Morgan fingerprint density at radius 1 is 0.545 bits per heavy atom. The molecule has 1 aliphatic rings. The Morgan fingerprint density at radius 3 is 1.33 bits per heavy atom. The number of hydrogen-bond acceptors (Lipinski definition) is 3. The molecule has 1 aliphatic heterocycles. The summed E-state index contributed by atoms with van der Waals surface area (Å²) in [5.41, 5.74) is 4.02. The van der Waals surface area contributed by atoms with Gasteiger partial charge in [0.2, 0.25) is 16.6 Å². The van der Waals surface area contributed by atoms with Crippen molar-refractivity contribution >= 4 is 48.6 Å². The highest BCUT2D eigenvalue weighted by Gasteiger charge is 2.46. The monoisotopic (exact) mass is 462 g/mol. The van der Waals surface area contributed by atoms with Crippen LogP contribution in [-0.2, 0) is 4.12 Å². The summed E-state index contributed by atoms with van der Waals surface area (Å²) in [6.07, 6.45) is 0. The van der Waals surface area contributed by atoms with Gasteiger partial charge in [-0.1, -0.05) is 72.8 Å². The molecular formula is C28H26N2OSi2. The quantitative estimate of drug-likeness (QED) is 0.239. The molecule has 0 atom stereocenters. The van der Waals surface area contributed by atoms with Crippen LogP contribution in [0.4, 0.5) is 0 Å². The Hall–Kier alpha value is -3.13. The number of rotatable bonds is 2. The van der Waals surface area contributed by atoms with E-state index in [1.54, 1.807) is 0 Å². The first-order valence-electron chi connectivity index (χ1n) is 11.4. The van der Waals surface area contributed by atoms with Gasteiger partial charge in [-0.05, 0) is 59.5 Å². The summed E-state index contributed by atoms with van der Waals surface area (Å²) >= 11 is 0. The summed E-state index contributed by atoms with van der Waals surface area (Å²) in [6.45, 7) is 9.31. The van der Waals surface area contributed by atoms with Crippen molar-refractivity contribution < 1.29 is 4.12 Å². The molecule has 0 amide bonds. The van der Waals surface area contributed by atoms with Crippen molar-refractivity contribution in [2.75, 3.05) is 0 Å². The fourth-order valence-electron chi connectivity index (χ4n) is 5.31. The maximum absolute atomic E-state index is 6.71. The van der Waals surface area contributed by atoms with Gasteiger partial charge in [0, 0.05) is 21.9 Å². The van der Waals surface area contributed by atoms with E-state index in [0.29, 0.717) is 0 Å². The van der Waals surface area contributed by atoms with E-state index in [-0.39, 0.29) is 0 Å². The molecule has 162 valence electrons. The zero-order chi connectivity index (χ0) is 22.8. The van der Waals surface area contributed by atoms with E-state index >= 15 is 0 Å².